The summed E-state index contributed by atoms with van der Waals surface area (Å²) >= 11 is 0. The summed E-state index contributed by atoms with van der Waals surface area (Å²) in [5.74, 6) is -0.207. The Morgan fingerprint density at radius 3 is 1.76 bits per heavy atom. The number of amides is 1. The molecule has 0 aliphatic heterocycles. The number of carbonyl (C=O) groups excluding carboxylic acids is 1. The maximum absolute atomic E-state index is 14.4. The standard InChI is InChI=1S/C35H34N4O2/c1-25(2)36-34(40)31(24-27-16-8-4-9-17-27)38-26(3)33(30-22-14-7-15-23-30)39(35(38)41)37-32(28-18-10-5-11-19-28)29-20-12-6-13-21-29/h4-23,25,31H,24H2,1-3H3,(H,36,40)/t31-/m0/s1. The quantitative estimate of drug-likeness (QED) is 0.224. The maximum Gasteiger partial charge on any atom is 0.350 e. The van der Waals surface area contributed by atoms with Gasteiger partial charge in [-0.2, -0.15) is 9.78 Å². The van der Waals surface area contributed by atoms with Gasteiger partial charge in [0.15, 0.2) is 0 Å². The Morgan fingerprint density at radius 1 is 0.756 bits per heavy atom. The summed E-state index contributed by atoms with van der Waals surface area (Å²) in [6.45, 7) is 5.73. The van der Waals surface area contributed by atoms with Gasteiger partial charge in [0.2, 0.25) is 5.91 Å². The van der Waals surface area contributed by atoms with E-state index in [1.54, 1.807) is 4.57 Å². The molecule has 0 fully saturated rings. The topological polar surface area (TPSA) is 68.4 Å². The molecule has 1 amide bonds. The minimum absolute atomic E-state index is 0.0757. The maximum atomic E-state index is 14.4. The molecule has 6 heteroatoms. The molecule has 0 radical (unpaired) electrons. The first-order valence-corrected chi connectivity index (χ1v) is 13.9. The number of hydrogen-bond donors (Lipinski definition) is 1. The van der Waals surface area contributed by atoms with Gasteiger partial charge in [-0.1, -0.05) is 121 Å². The van der Waals surface area contributed by atoms with Gasteiger partial charge in [0.25, 0.3) is 0 Å². The number of nitrogens with zero attached hydrogens (tertiary/aromatic N) is 3. The fraction of sp³-hybridized carbons (Fsp3) is 0.171. The summed E-state index contributed by atoms with van der Waals surface area (Å²) < 4.78 is 3.06. The highest BCUT2D eigenvalue weighted by molar-refractivity contribution is 6.12. The van der Waals surface area contributed by atoms with E-state index in [0.29, 0.717) is 23.5 Å². The third kappa shape index (κ3) is 6.12. The molecule has 0 spiro atoms. The summed E-state index contributed by atoms with van der Waals surface area (Å²) in [6.07, 6.45) is 0.367. The van der Waals surface area contributed by atoms with Crippen LogP contribution in [0.1, 0.15) is 42.3 Å². The molecule has 0 unspecified atom stereocenters. The first kappa shape index (κ1) is 27.6. The van der Waals surface area contributed by atoms with E-state index in [0.717, 1.165) is 22.3 Å². The average molecular weight is 543 g/mol. The zero-order valence-electron chi connectivity index (χ0n) is 23.6. The number of benzene rings is 4. The second kappa shape index (κ2) is 12.5. The van der Waals surface area contributed by atoms with Gasteiger partial charge in [-0.15, -0.1) is 0 Å². The molecular weight excluding hydrogens is 508 g/mol. The van der Waals surface area contributed by atoms with E-state index in [-0.39, 0.29) is 17.6 Å². The Morgan fingerprint density at radius 2 is 1.24 bits per heavy atom. The van der Waals surface area contributed by atoms with E-state index in [2.05, 4.69) is 5.32 Å². The van der Waals surface area contributed by atoms with Gasteiger partial charge in [-0.3, -0.25) is 9.36 Å². The van der Waals surface area contributed by atoms with E-state index in [1.165, 1.54) is 4.68 Å². The minimum Gasteiger partial charge on any atom is -0.352 e. The smallest absolute Gasteiger partial charge is 0.350 e. The van der Waals surface area contributed by atoms with Crippen LogP contribution in [-0.4, -0.2) is 26.9 Å². The second-order valence-corrected chi connectivity index (χ2v) is 10.3. The fourth-order valence-electron chi connectivity index (χ4n) is 5.09. The van der Waals surface area contributed by atoms with Crippen molar-refractivity contribution in [1.29, 1.82) is 0 Å². The fourth-order valence-corrected chi connectivity index (χ4v) is 5.09. The number of carbonyl (C=O) groups is 1. The van der Waals surface area contributed by atoms with Crippen LogP contribution in [0.5, 0.6) is 0 Å². The molecule has 4 aromatic carbocycles. The second-order valence-electron chi connectivity index (χ2n) is 10.3. The lowest BCUT2D eigenvalue weighted by Gasteiger charge is -2.21. The molecule has 0 aliphatic rings. The molecule has 1 atom stereocenters. The summed E-state index contributed by atoms with van der Waals surface area (Å²) in [5.41, 5.74) is 5.18. The van der Waals surface area contributed by atoms with Gasteiger partial charge in [0.1, 0.15) is 6.04 Å². The van der Waals surface area contributed by atoms with Gasteiger partial charge >= 0.3 is 5.69 Å². The van der Waals surface area contributed by atoms with Crippen LogP contribution in [0, 0.1) is 6.92 Å². The monoisotopic (exact) mass is 542 g/mol. The molecule has 1 N–H and O–H groups in total. The van der Waals surface area contributed by atoms with Gasteiger partial charge in [0.05, 0.1) is 11.4 Å². The first-order chi connectivity index (χ1) is 19.9. The number of hydrogen-bond acceptors (Lipinski definition) is 3. The zero-order valence-corrected chi connectivity index (χ0v) is 23.6. The average Bonchev–Trinajstić information content (AvgIpc) is 3.24. The van der Waals surface area contributed by atoms with E-state index in [4.69, 9.17) is 5.10 Å². The van der Waals surface area contributed by atoms with E-state index in [1.807, 2.05) is 142 Å². The molecule has 1 aromatic heterocycles. The number of rotatable bonds is 9. The van der Waals surface area contributed by atoms with Crippen LogP contribution in [-0.2, 0) is 11.2 Å². The first-order valence-electron chi connectivity index (χ1n) is 13.9. The SMILES string of the molecule is Cc1c(-c2ccccc2)n(N=C(c2ccccc2)c2ccccc2)c(=O)n1[C@@H](Cc1ccccc1)C(=O)NC(C)C. The zero-order chi connectivity index (χ0) is 28.8. The van der Waals surface area contributed by atoms with Crippen LogP contribution >= 0.6 is 0 Å². The Labute approximate surface area is 240 Å². The normalized spacial score (nSPS) is 11.7. The summed E-state index contributed by atoms with van der Waals surface area (Å²) in [5, 5.41) is 8.07. The lowest BCUT2D eigenvalue weighted by atomic mass is 10.0. The highest BCUT2D eigenvalue weighted by Crippen LogP contribution is 2.27. The minimum atomic E-state index is -0.761. The highest BCUT2D eigenvalue weighted by atomic mass is 16.2. The van der Waals surface area contributed by atoms with Crippen molar-refractivity contribution in [3.8, 4) is 11.3 Å². The third-order valence-corrected chi connectivity index (χ3v) is 6.96. The van der Waals surface area contributed by atoms with Gasteiger partial charge in [0, 0.05) is 34.8 Å². The van der Waals surface area contributed by atoms with Crippen molar-refractivity contribution >= 4 is 11.6 Å². The third-order valence-electron chi connectivity index (χ3n) is 6.96. The molecule has 5 rings (SSSR count). The summed E-state index contributed by atoms with van der Waals surface area (Å²) in [7, 11) is 0. The molecule has 0 bridgehead atoms. The Hall–Kier alpha value is -4.97. The predicted molar refractivity (Wildman–Crippen MR) is 165 cm³/mol. The Kier molecular flexibility index (Phi) is 8.39. The van der Waals surface area contributed by atoms with Crippen LogP contribution in [0.15, 0.2) is 131 Å². The van der Waals surface area contributed by atoms with E-state index in [9.17, 15) is 9.59 Å². The molecule has 0 saturated heterocycles. The highest BCUT2D eigenvalue weighted by Gasteiger charge is 2.29. The lowest BCUT2D eigenvalue weighted by Crippen LogP contribution is -2.41. The Bertz CT molecular complexity index is 1650. The van der Waals surface area contributed by atoms with E-state index < -0.39 is 6.04 Å². The van der Waals surface area contributed by atoms with Gasteiger partial charge < -0.3 is 5.32 Å². The van der Waals surface area contributed by atoms with Crippen molar-refractivity contribution in [2.75, 3.05) is 0 Å². The van der Waals surface area contributed by atoms with Crippen molar-refractivity contribution < 1.29 is 4.79 Å². The molecule has 6 nitrogen and oxygen atoms in total. The van der Waals surface area contributed by atoms with Crippen LogP contribution in [0.25, 0.3) is 11.3 Å². The number of nitrogens with one attached hydrogen (secondary N) is 1. The summed E-state index contributed by atoms with van der Waals surface area (Å²) in [6, 6.07) is 38.4. The summed E-state index contributed by atoms with van der Waals surface area (Å²) in [4.78, 5) is 28.1. The molecule has 206 valence electrons. The largest absolute Gasteiger partial charge is 0.352 e. The molecule has 41 heavy (non-hydrogen) atoms. The Balaban J connectivity index is 1.78. The van der Waals surface area contributed by atoms with Gasteiger partial charge in [-0.25, -0.2) is 4.79 Å². The molecule has 0 aliphatic carbocycles. The number of imidazole rings is 1. The van der Waals surface area contributed by atoms with Crippen LogP contribution in [0.2, 0.25) is 0 Å². The van der Waals surface area contributed by atoms with Crippen molar-refractivity contribution in [2.45, 2.75) is 39.3 Å². The van der Waals surface area contributed by atoms with Crippen LogP contribution in [0.4, 0.5) is 0 Å². The molecule has 0 saturated carbocycles. The van der Waals surface area contributed by atoms with Crippen molar-refractivity contribution in [3.63, 3.8) is 0 Å². The lowest BCUT2D eigenvalue weighted by molar-refractivity contribution is -0.125. The van der Waals surface area contributed by atoms with E-state index >= 15 is 0 Å². The molecule has 5 aromatic rings. The number of aromatic nitrogens is 2. The van der Waals surface area contributed by atoms with Crippen molar-refractivity contribution in [3.05, 3.63) is 154 Å². The van der Waals surface area contributed by atoms with Crippen LogP contribution < -0.4 is 11.0 Å². The van der Waals surface area contributed by atoms with Crippen LogP contribution in [0.3, 0.4) is 0 Å². The predicted octanol–water partition coefficient (Wildman–Crippen LogP) is 6.23. The molecular formula is C35H34N4O2. The van der Waals surface area contributed by atoms with Crippen molar-refractivity contribution in [1.82, 2.24) is 14.6 Å². The molecule has 1 heterocycles. The van der Waals surface area contributed by atoms with Crippen molar-refractivity contribution in [2.24, 2.45) is 5.10 Å². The van der Waals surface area contributed by atoms with Gasteiger partial charge in [-0.05, 0) is 26.3 Å².